The van der Waals surface area contributed by atoms with Crippen molar-refractivity contribution in [3.05, 3.63) is 76.1 Å². The molecule has 1 aliphatic rings. The lowest BCUT2D eigenvalue weighted by Gasteiger charge is -2.13. The summed E-state index contributed by atoms with van der Waals surface area (Å²) in [6, 6.07) is 15.3. The van der Waals surface area contributed by atoms with E-state index in [9.17, 15) is 14.0 Å². The molecule has 1 atom stereocenters. The molecule has 2 aromatic carbocycles. The molecule has 4 aromatic rings. The van der Waals surface area contributed by atoms with Gasteiger partial charge < -0.3 is 10.1 Å². The molecular formula is C25H22FN3O3S2. The summed E-state index contributed by atoms with van der Waals surface area (Å²) in [5, 5.41) is 5.70. The van der Waals surface area contributed by atoms with Crippen LogP contribution in [0.4, 0.5) is 4.39 Å². The molecular weight excluding hydrogens is 473 g/mol. The highest BCUT2D eigenvalue weighted by atomic mass is 32.2. The smallest absolute Gasteiger partial charge is 0.268 e. The van der Waals surface area contributed by atoms with Crippen molar-refractivity contribution in [2.24, 2.45) is 0 Å². The third kappa shape index (κ3) is 4.77. The van der Waals surface area contributed by atoms with Crippen LogP contribution in [0.2, 0.25) is 0 Å². The van der Waals surface area contributed by atoms with Gasteiger partial charge in [-0.1, -0.05) is 42.1 Å². The SMILES string of the molecule is O=C(CSc1nc2scc(-c3ccc(F)cc3)c2c(=O)n1-c1ccccc1)NC[C@@H]1CCCO1. The van der Waals surface area contributed by atoms with Crippen LogP contribution in [0.25, 0.3) is 27.0 Å². The number of ether oxygens (including phenoxy) is 1. The Bertz CT molecular complexity index is 1360. The zero-order chi connectivity index (χ0) is 23.5. The largest absolute Gasteiger partial charge is 0.376 e. The summed E-state index contributed by atoms with van der Waals surface area (Å²) in [6.07, 6.45) is 2.04. The minimum absolute atomic E-state index is 0.0712. The summed E-state index contributed by atoms with van der Waals surface area (Å²) < 4.78 is 20.5. The van der Waals surface area contributed by atoms with Crippen LogP contribution in [0.3, 0.4) is 0 Å². The molecule has 6 nitrogen and oxygen atoms in total. The number of nitrogens with zero attached hydrogens (tertiary/aromatic N) is 2. The van der Waals surface area contributed by atoms with Crippen LogP contribution in [-0.4, -0.2) is 40.5 Å². The molecule has 1 fully saturated rings. The Morgan fingerprint density at radius 3 is 2.74 bits per heavy atom. The Balaban J connectivity index is 1.49. The number of carbonyl (C=O) groups excluding carboxylic acids is 1. The predicted molar refractivity (Wildman–Crippen MR) is 133 cm³/mol. The van der Waals surface area contributed by atoms with Crippen LogP contribution in [0.15, 0.2) is 69.9 Å². The van der Waals surface area contributed by atoms with E-state index in [0.717, 1.165) is 25.0 Å². The van der Waals surface area contributed by atoms with Gasteiger partial charge in [0.1, 0.15) is 10.6 Å². The zero-order valence-corrected chi connectivity index (χ0v) is 19.8. The third-order valence-corrected chi connectivity index (χ3v) is 7.44. The van der Waals surface area contributed by atoms with E-state index in [-0.39, 0.29) is 29.1 Å². The van der Waals surface area contributed by atoms with Crippen molar-refractivity contribution in [1.29, 1.82) is 0 Å². The van der Waals surface area contributed by atoms with Crippen molar-refractivity contribution in [3.8, 4) is 16.8 Å². The van der Waals surface area contributed by atoms with Crippen molar-refractivity contribution < 1.29 is 13.9 Å². The zero-order valence-electron chi connectivity index (χ0n) is 18.2. The highest BCUT2D eigenvalue weighted by Crippen LogP contribution is 2.33. The Morgan fingerprint density at radius 2 is 2.00 bits per heavy atom. The number of hydrogen-bond acceptors (Lipinski definition) is 6. The van der Waals surface area contributed by atoms with Crippen molar-refractivity contribution in [3.63, 3.8) is 0 Å². The number of halogens is 1. The summed E-state index contributed by atoms with van der Waals surface area (Å²) in [4.78, 5) is 31.5. The van der Waals surface area contributed by atoms with Crippen LogP contribution in [-0.2, 0) is 9.53 Å². The fourth-order valence-electron chi connectivity index (χ4n) is 3.93. The Labute approximate surface area is 203 Å². The van der Waals surface area contributed by atoms with Gasteiger partial charge in [0.25, 0.3) is 5.56 Å². The Hall–Kier alpha value is -3.01. The summed E-state index contributed by atoms with van der Waals surface area (Å²) in [5.41, 5.74) is 1.91. The molecule has 5 rings (SSSR count). The van der Waals surface area contributed by atoms with Gasteiger partial charge in [-0.2, -0.15) is 0 Å². The number of benzene rings is 2. The second-order valence-electron chi connectivity index (χ2n) is 7.93. The lowest BCUT2D eigenvalue weighted by molar-refractivity contribution is -0.119. The second-order valence-corrected chi connectivity index (χ2v) is 9.74. The highest BCUT2D eigenvalue weighted by Gasteiger charge is 2.20. The second kappa shape index (κ2) is 10.1. The molecule has 1 aliphatic heterocycles. The Kier molecular flexibility index (Phi) is 6.75. The fraction of sp³-hybridized carbons (Fsp3) is 0.240. The van der Waals surface area contributed by atoms with Crippen LogP contribution >= 0.6 is 23.1 Å². The number of thioether (sulfide) groups is 1. The first-order valence-electron chi connectivity index (χ1n) is 11.0. The van der Waals surface area contributed by atoms with Crippen molar-refractivity contribution in [2.45, 2.75) is 24.1 Å². The maximum absolute atomic E-state index is 13.7. The monoisotopic (exact) mass is 495 g/mol. The number of rotatable bonds is 7. The van der Waals surface area contributed by atoms with Crippen LogP contribution in [0, 0.1) is 5.82 Å². The molecule has 1 amide bonds. The van der Waals surface area contributed by atoms with Crippen LogP contribution in [0.5, 0.6) is 0 Å². The van der Waals surface area contributed by atoms with E-state index in [1.807, 2.05) is 35.7 Å². The first-order valence-corrected chi connectivity index (χ1v) is 12.8. The van der Waals surface area contributed by atoms with Crippen molar-refractivity contribution in [1.82, 2.24) is 14.9 Å². The number of aromatic nitrogens is 2. The minimum atomic E-state index is -0.334. The lowest BCUT2D eigenvalue weighted by Crippen LogP contribution is -2.33. The normalized spacial score (nSPS) is 15.6. The van der Waals surface area contributed by atoms with E-state index in [1.165, 1.54) is 35.2 Å². The minimum Gasteiger partial charge on any atom is -0.376 e. The maximum Gasteiger partial charge on any atom is 0.268 e. The summed E-state index contributed by atoms with van der Waals surface area (Å²) in [6.45, 7) is 1.23. The van der Waals surface area contributed by atoms with E-state index in [1.54, 1.807) is 16.7 Å². The molecule has 2 aromatic heterocycles. The molecule has 0 aliphatic carbocycles. The molecule has 0 bridgehead atoms. The average Bonchev–Trinajstić information content (AvgIpc) is 3.53. The van der Waals surface area contributed by atoms with E-state index in [0.29, 0.717) is 33.2 Å². The highest BCUT2D eigenvalue weighted by molar-refractivity contribution is 7.99. The number of nitrogens with one attached hydrogen (secondary N) is 1. The lowest BCUT2D eigenvalue weighted by atomic mass is 10.1. The Morgan fingerprint density at radius 1 is 1.21 bits per heavy atom. The molecule has 34 heavy (non-hydrogen) atoms. The molecule has 1 saturated heterocycles. The van der Waals surface area contributed by atoms with Crippen molar-refractivity contribution >= 4 is 39.2 Å². The first kappa shape index (κ1) is 22.8. The molecule has 0 spiro atoms. The van der Waals surface area contributed by atoms with Gasteiger partial charge >= 0.3 is 0 Å². The van der Waals surface area contributed by atoms with Gasteiger partial charge in [-0.05, 0) is 42.7 Å². The van der Waals surface area contributed by atoms with Gasteiger partial charge in [-0.25, -0.2) is 9.37 Å². The summed E-state index contributed by atoms with van der Waals surface area (Å²) in [5.74, 6) is -0.333. The van der Waals surface area contributed by atoms with Crippen LogP contribution < -0.4 is 10.9 Å². The van der Waals surface area contributed by atoms with Gasteiger partial charge in [0.05, 0.1) is 22.9 Å². The molecule has 3 heterocycles. The van der Waals surface area contributed by atoms with E-state index in [2.05, 4.69) is 5.32 Å². The van der Waals surface area contributed by atoms with Gasteiger partial charge in [0.2, 0.25) is 5.91 Å². The van der Waals surface area contributed by atoms with E-state index in [4.69, 9.17) is 9.72 Å². The van der Waals surface area contributed by atoms with Gasteiger partial charge in [-0.3, -0.25) is 14.2 Å². The predicted octanol–water partition coefficient (Wildman–Crippen LogP) is 4.64. The average molecular weight is 496 g/mol. The van der Waals surface area contributed by atoms with Crippen molar-refractivity contribution in [2.75, 3.05) is 18.9 Å². The van der Waals surface area contributed by atoms with E-state index >= 15 is 0 Å². The topological polar surface area (TPSA) is 73.2 Å². The number of thiophene rings is 1. The molecule has 9 heteroatoms. The van der Waals surface area contributed by atoms with Gasteiger partial charge in [0.15, 0.2) is 5.16 Å². The number of amides is 1. The third-order valence-electron chi connectivity index (χ3n) is 5.63. The summed E-state index contributed by atoms with van der Waals surface area (Å²) in [7, 11) is 0. The number of carbonyl (C=O) groups is 1. The molecule has 174 valence electrons. The van der Waals surface area contributed by atoms with Crippen LogP contribution in [0.1, 0.15) is 12.8 Å². The number of para-hydroxylation sites is 1. The molecule has 0 saturated carbocycles. The quantitative estimate of drug-likeness (QED) is 0.299. The summed E-state index contributed by atoms with van der Waals surface area (Å²) >= 11 is 2.58. The van der Waals surface area contributed by atoms with E-state index < -0.39 is 0 Å². The van der Waals surface area contributed by atoms with Gasteiger partial charge in [0, 0.05) is 24.1 Å². The first-order chi connectivity index (χ1) is 16.6. The molecule has 0 unspecified atom stereocenters. The number of hydrogen-bond donors (Lipinski definition) is 1. The standard InChI is InChI=1S/C25H22FN3O3S2/c26-17-10-8-16(9-11-17)20-14-33-23-22(20)24(31)29(18-5-2-1-3-6-18)25(28-23)34-15-21(30)27-13-19-7-4-12-32-19/h1-3,5-6,8-11,14,19H,4,7,12-13,15H2,(H,27,30)/t19-/m0/s1. The molecule has 1 N–H and O–H groups in total. The fourth-order valence-corrected chi connectivity index (χ4v) is 5.76. The molecule has 0 radical (unpaired) electrons. The van der Waals surface area contributed by atoms with Gasteiger partial charge in [-0.15, -0.1) is 11.3 Å². The maximum atomic E-state index is 13.7. The number of fused-ring (bicyclic) bond motifs is 1.